The Hall–Kier alpha value is -0.330. The molecule has 0 nitrogen and oxygen atoms in total. The second kappa shape index (κ2) is 3.65. The molecule has 1 heteroatoms. The molecule has 0 bridgehead atoms. The minimum Gasteiger partial charge on any atom is -0.246 e. The van der Waals surface area contributed by atoms with Gasteiger partial charge in [0.25, 0.3) is 0 Å². The monoisotopic (exact) mass is 116 g/mol. The molecule has 48 valence electrons. The van der Waals surface area contributed by atoms with E-state index < -0.39 is 0 Å². The molecular formula is C7H13F. The second-order valence-electron chi connectivity index (χ2n) is 2.48. The van der Waals surface area contributed by atoms with Crippen LogP contribution < -0.4 is 0 Å². The predicted octanol–water partition coefficient (Wildman–Crippen LogP) is 2.56. The van der Waals surface area contributed by atoms with Crippen LogP contribution in [0.4, 0.5) is 4.39 Å². The Morgan fingerprint density at radius 3 is 2.25 bits per heavy atom. The Labute approximate surface area is 50.4 Å². The Bertz CT molecular complexity index is 74.5. The van der Waals surface area contributed by atoms with Crippen LogP contribution in [-0.4, -0.2) is 6.67 Å². The third-order valence-electron chi connectivity index (χ3n) is 0.886. The zero-order valence-corrected chi connectivity index (χ0v) is 5.58. The maximum absolute atomic E-state index is 11.6. The Morgan fingerprint density at radius 1 is 1.62 bits per heavy atom. The highest BCUT2D eigenvalue weighted by Gasteiger charge is 1.95. The maximum atomic E-state index is 11.6. The summed E-state index contributed by atoms with van der Waals surface area (Å²) < 4.78 is 11.6. The van der Waals surface area contributed by atoms with Crippen LogP contribution in [0.3, 0.4) is 0 Å². The number of alkyl halides is 1. The zero-order valence-electron chi connectivity index (χ0n) is 5.58. The van der Waals surface area contributed by atoms with Crippen LogP contribution in [-0.2, 0) is 0 Å². The van der Waals surface area contributed by atoms with Crippen LogP contribution in [0.1, 0.15) is 20.3 Å². The van der Waals surface area contributed by atoms with Crippen molar-refractivity contribution in [3.8, 4) is 0 Å². The molecule has 0 fully saturated rings. The van der Waals surface area contributed by atoms with E-state index in [1.54, 1.807) is 0 Å². The smallest absolute Gasteiger partial charge is 0.110 e. The summed E-state index contributed by atoms with van der Waals surface area (Å²) in [7, 11) is 0. The van der Waals surface area contributed by atoms with E-state index in [0.29, 0.717) is 11.5 Å². The van der Waals surface area contributed by atoms with E-state index in [1.165, 1.54) is 0 Å². The van der Waals surface area contributed by atoms with Gasteiger partial charge in [0, 0.05) is 0 Å². The van der Waals surface area contributed by atoms with Gasteiger partial charge in [-0.25, -0.2) is 4.39 Å². The Balaban J connectivity index is 3.25. The van der Waals surface area contributed by atoms with Gasteiger partial charge in [0.1, 0.15) is 6.67 Å². The molecule has 0 aliphatic heterocycles. The summed E-state index contributed by atoms with van der Waals surface area (Å²) in [6, 6.07) is 0. The van der Waals surface area contributed by atoms with Gasteiger partial charge in [0.2, 0.25) is 0 Å². The third kappa shape index (κ3) is 3.85. The molecule has 0 rings (SSSR count). The van der Waals surface area contributed by atoms with E-state index in [4.69, 9.17) is 0 Å². The fourth-order valence-corrected chi connectivity index (χ4v) is 0.632. The normalized spacial score (nSPS) is 10.0. The average molecular weight is 116 g/mol. The molecule has 0 aliphatic carbocycles. The van der Waals surface area contributed by atoms with Crippen molar-refractivity contribution < 1.29 is 4.39 Å². The lowest BCUT2D eigenvalue weighted by Gasteiger charge is -2.02. The highest BCUT2D eigenvalue weighted by Crippen LogP contribution is 2.07. The molecule has 0 aromatic carbocycles. The van der Waals surface area contributed by atoms with E-state index >= 15 is 0 Å². The van der Waals surface area contributed by atoms with Crippen molar-refractivity contribution in [1.29, 1.82) is 0 Å². The van der Waals surface area contributed by atoms with Crippen molar-refractivity contribution in [3.05, 3.63) is 12.2 Å². The SMILES string of the molecule is C=C(CF)CC(C)C. The minimum atomic E-state index is -0.363. The summed E-state index contributed by atoms with van der Waals surface area (Å²) in [5, 5.41) is 0. The highest BCUT2D eigenvalue weighted by molar-refractivity contribution is 4.93. The average Bonchev–Trinajstić information content (AvgIpc) is 1.65. The van der Waals surface area contributed by atoms with Crippen molar-refractivity contribution >= 4 is 0 Å². The van der Waals surface area contributed by atoms with Crippen molar-refractivity contribution in [2.75, 3.05) is 6.67 Å². The molecule has 8 heavy (non-hydrogen) atoms. The topological polar surface area (TPSA) is 0 Å². The molecule has 0 aromatic rings. The van der Waals surface area contributed by atoms with Crippen molar-refractivity contribution in [1.82, 2.24) is 0 Å². The zero-order chi connectivity index (χ0) is 6.57. The molecule has 0 saturated carbocycles. The minimum absolute atomic E-state index is 0.363. The van der Waals surface area contributed by atoms with Gasteiger partial charge < -0.3 is 0 Å². The van der Waals surface area contributed by atoms with E-state index in [-0.39, 0.29) is 6.67 Å². The fraction of sp³-hybridized carbons (Fsp3) is 0.714. The van der Waals surface area contributed by atoms with Gasteiger partial charge >= 0.3 is 0 Å². The lowest BCUT2D eigenvalue weighted by Crippen LogP contribution is -1.90. The number of hydrogen-bond donors (Lipinski definition) is 0. The fourth-order valence-electron chi connectivity index (χ4n) is 0.632. The summed E-state index contributed by atoms with van der Waals surface area (Å²) >= 11 is 0. The lowest BCUT2D eigenvalue weighted by molar-refractivity contribution is 0.509. The molecule has 0 heterocycles. The number of hydrogen-bond acceptors (Lipinski definition) is 0. The molecule has 0 radical (unpaired) electrons. The number of allylic oxidation sites excluding steroid dienone is 1. The third-order valence-corrected chi connectivity index (χ3v) is 0.886. The predicted molar refractivity (Wildman–Crippen MR) is 34.6 cm³/mol. The van der Waals surface area contributed by atoms with Crippen LogP contribution in [0.5, 0.6) is 0 Å². The second-order valence-corrected chi connectivity index (χ2v) is 2.48. The van der Waals surface area contributed by atoms with Gasteiger partial charge in [0.05, 0.1) is 0 Å². The first-order valence-electron chi connectivity index (χ1n) is 2.89. The molecule has 0 aliphatic rings. The van der Waals surface area contributed by atoms with Crippen LogP contribution in [0.25, 0.3) is 0 Å². The summed E-state index contributed by atoms with van der Waals surface area (Å²) in [6.45, 7) is 7.29. The van der Waals surface area contributed by atoms with Crippen molar-refractivity contribution in [2.45, 2.75) is 20.3 Å². The molecular weight excluding hydrogens is 103 g/mol. The Kier molecular flexibility index (Phi) is 3.49. The van der Waals surface area contributed by atoms with E-state index in [9.17, 15) is 4.39 Å². The summed E-state index contributed by atoms with van der Waals surface area (Å²) in [5.74, 6) is 0.540. The summed E-state index contributed by atoms with van der Waals surface area (Å²) in [4.78, 5) is 0. The molecule has 0 unspecified atom stereocenters. The standard InChI is InChI=1S/C7H13F/c1-6(2)4-7(3)5-8/h6H,3-5H2,1-2H3. The quantitative estimate of drug-likeness (QED) is 0.497. The molecule has 0 aromatic heterocycles. The largest absolute Gasteiger partial charge is 0.246 e. The van der Waals surface area contributed by atoms with Gasteiger partial charge in [-0.05, 0) is 17.9 Å². The van der Waals surface area contributed by atoms with E-state index in [1.807, 2.05) is 0 Å². The van der Waals surface area contributed by atoms with Crippen molar-refractivity contribution in [3.63, 3.8) is 0 Å². The molecule has 0 N–H and O–H groups in total. The van der Waals surface area contributed by atoms with E-state index in [2.05, 4.69) is 20.4 Å². The lowest BCUT2D eigenvalue weighted by atomic mass is 10.1. The van der Waals surface area contributed by atoms with Crippen LogP contribution >= 0.6 is 0 Å². The number of halogens is 1. The molecule has 0 atom stereocenters. The first-order chi connectivity index (χ1) is 3.66. The first-order valence-corrected chi connectivity index (χ1v) is 2.89. The van der Waals surface area contributed by atoms with Crippen LogP contribution in [0.15, 0.2) is 12.2 Å². The molecule has 0 spiro atoms. The van der Waals surface area contributed by atoms with Gasteiger partial charge in [-0.1, -0.05) is 20.4 Å². The van der Waals surface area contributed by atoms with Crippen LogP contribution in [0.2, 0.25) is 0 Å². The molecule has 0 saturated heterocycles. The first kappa shape index (κ1) is 7.67. The number of rotatable bonds is 3. The molecule has 0 amide bonds. The van der Waals surface area contributed by atoms with Gasteiger partial charge in [0.15, 0.2) is 0 Å². The summed E-state index contributed by atoms with van der Waals surface area (Å²) in [5.41, 5.74) is 0.708. The Morgan fingerprint density at radius 2 is 2.12 bits per heavy atom. The van der Waals surface area contributed by atoms with E-state index in [0.717, 1.165) is 6.42 Å². The highest BCUT2D eigenvalue weighted by atomic mass is 19.1. The van der Waals surface area contributed by atoms with Gasteiger partial charge in [-0.2, -0.15) is 0 Å². The van der Waals surface area contributed by atoms with Crippen molar-refractivity contribution in [2.24, 2.45) is 5.92 Å². The summed E-state index contributed by atoms with van der Waals surface area (Å²) in [6.07, 6.45) is 0.816. The van der Waals surface area contributed by atoms with Crippen LogP contribution in [0, 0.1) is 5.92 Å². The van der Waals surface area contributed by atoms with Gasteiger partial charge in [-0.15, -0.1) is 0 Å². The maximum Gasteiger partial charge on any atom is 0.110 e. The van der Waals surface area contributed by atoms with Gasteiger partial charge in [-0.3, -0.25) is 0 Å².